The third kappa shape index (κ3) is 7.35. The van der Waals surface area contributed by atoms with Crippen molar-refractivity contribution in [3.05, 3.63) is 0 Å². The van der Waals surface area contributed by atoms with Crippen LogP contribution in [0, 0.1) is 0 Å². The SMILES string of the molecule is C[SiH]1O[SiH](C)O[Si](C)(C2COCCCCO2)O[Si](C)(CCCOCC2CO2)O1. The van der Waals surface area contributed by atoms with Gasteiger partial charge in [0, 0.05) is 19.8 Å². The number of hydrogen-bond acceptors (Lipinski definition) is 8. The van der Waals surface area contributed by atoms with E-state index in [-0.39, 0.29) is 5.73 Å². The lowest BCUT2D eigenvalue weighted by atomic mass is 10.3. The largest absolute Gasteiger partial charge is 0.420 e. The van der Waals surface area contributed by atoms with Gasteiger partial charge in [0.2, 0.25) is 0 Å². The van der Waals surface area contributed by atoms with E-state index in [0.717, 1.165) is 45.1 Å². The van der Waals surface area contributed by atoms with Gasteiger partial charge in [0.15, 0.2) is 0 Å². The van der Waals surface area contributed by atoms with Gasteiger partial charge in [0.1, 0.15) is 11.8 Å². The molecule has 12 heteroatoms. The summed E-state index contributed by atoms with van der Waals surface area (Å²) in [6.45, 7) is 12.6. The van der Waals surface area contributed by atoms with E-state index in [1.165, 1.54) is 0 Å². The smallest absolute Gasteiger partial charge is 0.349 e. The van der Waals surface area contributed by atoms with E-state index in [4.69, 9.17) is 35.4 Å². The van der Waals surface area contributed by atoms with Gasteiger partial charge in [-0.05, 0) is 51.5 Å². The number of ether oxygens (including phenoxy) is 4. The minimum absolute atomic E-state index is 0.153. The molecule has 164 valence electrons. The summed E-state index contributed by atoms with van der Waals surface area (Å²) in [5, 5.41) is 0. The fourth-order valence-electron chi connectivity index (χ4n) is 3.68. The molecular weight excluding hydrogens is 433 g/mol. The first-order valence-electron chi connectivity index (χ1n) is 10.5. The zero-order valence-electron chi connectivity index (χ0n) is 17.6. The minimum Gasteiger partial charge on any atom is -0.420 e. The molecule has 6 unspecified atom stereocenters. The molecular formula is C16H36O8Si4. The van der Waals surface area contributed by atoms with Gasteiger partial charge in [-0.25, -0.2) is 0 Å². The maximum Gasteiger partial charge on any atom is 0.349 e. The van der Waals surface area contributed by atoms with Crippen molar-refractivity contribution in [1.29, 1.82) is 0 Å². The molecule has 3 aliphatic rings. The molecule has 0 aliphatic carbocycles. The summed E-state index contributed by atoms with van der Waals surface area (Å²) in [5.74, 6) is 0. The van der Waals surface area contributed by atoms with Crippen LogP contribution < -0.4 is 0 Å². The molecule has 0 bridgehead atoms. The van der Waals surface area contributed by atoms with Crippen LogP contribution in [0.25, 0.3) is 0 Å². The molecule has 0 aromatic rings. The van der Waals surface area contributed by atoms with Crippen LogP contribution in [0.3, 0.4) is 0 Å². The maximum atomic E-state index is 6.82. The van der Waals surface area contributed by atoms with Gasteiger partial charge in [0.25, 0.3) is 18.6 Å². The van der Waals surface area contributed by atoms with E-state index in [1.807, 2.05) is 0 Å². The van der Waals surface area contributed by atoms with Crippen LogP contribution in [-0.4, -0.2) is 87.2 Å². The Hall–Kier alpha value is 0.548. The Bertz CT molecular complexity index is 480. The Morgan fingerprint density at radius 1 is 1.00 bits per heavy atom. The van der Waals surface area contributed by atoms with Crippen molar-refractivity contribution in [2.45, 2.75) is 63.3 Å². The van der Waals surface area contributed by atoms with Crippen molar-refractivity contribution in [1.82, 2.24) is 0 Å². The van der Waals surface area contributed by atoms with Gasteiger partial charge >= 0.3 is 17.1 Å². The average Bonchev–Trinajstić information content (AvgIpc) is 3.36. The fourth-order valence-corrected chi connectivity index (χ4v) is 21.1. The molecule has 8 nitrogen and oxygen atoms in total. The van der Waals surface area contributed by atoms with E-state index in [2.05, 4.69) is 26.2 Å². The molecule has 0 aromatic heterocycles. The molecule has 3 fully saturated rings. The van der Waals surface area contributed by atoms with Gasteiger partial charge < -0.3 is 35.4 Å². The first-order valence-corrected chi connectivity index (χ1v) is 19.6. The van der Waals surface area contributed by atoms with E-state index < -0.39 is 35.7 Å². The van der Waals surface area contributed by atoms with Gasteiger partial charge in [-0.3, -0.25) is 0 Å². The Labute approximate surface area is 174 Å². The van der Waals surface area contributed by atoms with E-state index in [9.17, 15) is 0 Å². The Balaban J connectivity index is 1.63. The fraction of sp³-hybridized carbons (Fsp3) is 1.00. The van der Waals surface area contributed by atoms with Crippen molar-refractivity contribution in [2.75, 3.05) is 39.6 Å². The third-order valence-electron chi connectivity index (χ3n) is 5.10. The molecule has 0 radical (unpaired) electrons. The van der Waals surface area contributed by atoms with Gasteiger partial charge in [-0.2, -0.15) is 0 Å². The lowest BCUT2D eigenvalue weighted by Crippen LogP contribution is -2.65. The van der Waals surface area contributed by atoms with Crippen molar-refractivity contribution in [3.8, 4) is 0 Å². The Kier molecular flexibility index (Phi) is 8.89. The topological polar surface area (TPSA) is 77.1 Å². The van der Waals surface area contributed by atoms with Gasteiger partial charge in [-0.1, -0.05) is 0 Å². The molecule has 0 amide bonds. The third-order valence-corrected chi connectivity index (χ3v) is 20.8. The molecule has 28 heavy (non-hydrogen) atoms. The van der Waals surface area contributed by atoms with E-state index >= 15 is 0 Å². The van der Waals surface area contributed by atoms with E-state index in [0.29, 0.717) is 25.9 Å². The zero-order valence-corrected chi connectivity index (χ0v) is 22.0. The highest BCUT2D eigenvalue weighted by molar-refractivity contribution is 6.87. The molecule has 6 atom stereocenters. The first kappa shape index (κ1) is 23.2. The van der Waals surface area contributed by atoms with Crippen LogP contribution in [0.15, 0.2) is 0 Å². The predicted octanol–water partition coefficient (Wildman–Crippen LogP) is 1.45. The number of epoxide rings is 1. The van der Waals surface area contributed by atoms with Crippen molar-refractivity contribution < 1.29 is 35.4 Å². The van der Waals surface area contributed by atoms with Crippen molar-refractivity contribution in [2.24, 2.45) is 0 Å². The molecule has 0 spiro atoms. The summed E-state index contributed by atoms with van der Waals surface area (Å²) in [6, 6.07) is 0.856. The van der Waals surface area contributed by atoms with Crippen LogP contribution in [0.4, 0.5) is 0 Å². The summed E-state index contributed by atoms with van der Waals surface area (Å²) >= 11 is 0. The average molecular weight is 469 g/mol. The quantitative estimate of drug-likeness (QED) is 0.316. The highest BCUT2D eigenvalue weighted by Crippen LogP contribution is 2.30. The predicted molar refractivity (Wildman–Crippen MR) is 113 cm³/mol. The second kappa shape index (κ2) is 10.7. The van der Waals surface area contributed by atoms with Gasteiger partial charge in [-0.15, -0.1) is 0 Å². The molecule has 3 saturated heterocycles. The molecule has 3 rings (SSSR count). The summed E-state index contributed by atoms with van der Waals surface area (Å²) in [7, 11) is -8.76. The van der Waals surface area contributed by atoms with Crippen molar-refractivity contribution in [3.63, 3.8) is 0 Å². The molecule has 0 saturated carbocycles. The van der Waals surface area contributed by atoms with Crippen LogP contribution in [-0.2, 0) is 35.4 Å². The molecule has 3 aliphatic heterocycles. The highest BCUT2D eigenvalue weighted by Gasteiger charge is 2.52. The normalized spacial score (nSPS) is 42.9. The van der Waals surface area contributed by atoms with Gasteiger partial charge in [0.05, 0.1) is 19.8 Å². The second-order valence-electron chi connectivity index (χ2n) is 8.03. The van der Waals surface area contributed by atoms with Crippen LogP contribution in [0.2, 0.25) is 32.2 Å². The summed E-state index contributed by atoms with van der Waals surface area (Å²) in [6.07, 6.45) is 3.23. The lowest BCUT2D eigenvalue weighted by Gasteiger charge is -2.45. The molecule has 0 N–H and O–H groups in total. The van der Waals surface area contributed by atoms with Crippen LogP contribution in [0.1, 0.15) is 19.3 Å². The highest BCUT2D eigenvalue weighted by atomic mass is 28.5. The standard InChI is InChI=1S/C16H36O8Si4/c1-25-21-26(2)23-28(4,16-14-18-8-5-6-10-19-16)24-27(3,22-25)11-7-9-17-12-15-13-20-15/h15-16,25-26H,5-14H2,1-4H3. The second-order valence-corrected chi connectivity index (χ2v) is 19.5. The summed E-state index contributed by atoms with van der Waals surface area (Å²) in [5.41, 5.74) is -0.153. The van der Waals surface area contributed by atoms with E-state index in [1.54, 1.807) is 0 Å². The maximum absolute atomic E-state index is 6.82. The zero-order chi connectivity index (χ0) is 20.0. The number of hydrogen-bond donors (Lipinski definition) is 0. The first-order chi connectivity index (χ1) is 13.4. The van der Waals surface area contributed by atoms with Crippen molar-refractivity contribution >= 4 is 35.7 Å². The molecule has 0 aromatic carbocycles. The molecule has 3 heterocycles. The summed E-state index contributed by atoms with van der Waals surface area (Å²) in [4.78, 5) is 0. The van der Waals surface area contributed by atoms with Crippen LogP contribution >= 0.6 is 0 Å². The van der Waals surface area contributed by atoms with Crippen LogP contribution in [0.5, 0.6) is 0 Å². The number of rotatable bonds is 7. The Morgan fingerprint density at radius 2 is 1.75 bits per heavy atom. The minimum atomic E-state index is -2.69. The summed E-state index contributed by atoms with van der Waals surface area (Å²) < 4.78 is 48.9. The monoisotopic (exact) mass is 468 g/mol. The lowest BCUT2D eigenvalue weighted by molar-refractivity contribution is -0.0188. The Morgan fingerprint density at radius 3 is 2.54 bits per heavy atom.